The second kappa shape index (κ2) is 21.3. The van der Waals surface area contributed by atoms with Crippen molar-refractivity contribution in [3.8, 4) is 0 Å². The molecule has 0 radical (unpaired) electrons. The Morgan fingerprint density at radius 1 is 0.906 bits per heavy atom. The molecular formula is C24H50N4O4. The minimum atomic E-state index is -0.701. The number of amides is 2. The lowest BCUT2D eigenvalue weighted by Crippen LogP contribution is -2.44. The molecule has 0 fully saturated rings. The molecule has 0 heterocycles. The van der Waals surface area contributed by atoms with Crippen LogP contribution in [-0.4, -0.2) is 47.9 Å². The van der Waals surface area contributed by atoms with Gasteiger partial charge in [-0.2, -0.15) is 0 Å². The van der Waals surface area contributed by atoms with Gasteiger partial charge in [0.05, 0.1) is 18.6 Å². The summed E-state index contributed by atoms with van der Waals surface area (Å²) in [6.45, 7) is 8.36. The SMILES string of the molecule is CC(O)CC(=O)NC(CCN)C(=O)C(C)C.CCCCCCCCC(CN)CCC(N)=O. The number of Topliss-reactive ketones (excluding diaryl/α,β-unsaturated/α-hetero) is 1. The molecule has 190 valence electrons. The standard InChI is InChI=1S/C13H28N2O.C11H22N2O3/c1-2-3-4-5-6-7-8-12(11-14)9-10-13(15)16;1-7(2)11(16)9(4-5-12)13-10(15)6-8(3)14/h12H,2-11,14H2,1H3,(H2,15,16);7-9,14H,4-6,12H2,1-3H3,(H,13,15). The van der Waals surface area contributed by atoms with Crippen LogP contribution in [0.3, 0.4) is 0 Å². The maximum absolute atomic E-state index is 11.7. The number of aliphatic hydroxyl groups is 1. The van der Waals surface area contributed by atoms with E-state index in [0.717, 1.165) is 12.8 Å². The molecule has 8 heteroatoms. The van der Waals surface area contributed by atoms with Gasteiger partial charge in [-0.1, -0.05) is 59.3 Å². The Kier molecular flexibility index (Phi) is 21.8. The van der Waals surface area contributed by atoms with Gasteiger partial charge in [0.2, 0.25) is 11.8 Å². The summed E-state index contributed by atoms with van der Waals surface area (Å²) in [6.07, 6.45) is 10.1. The molecular weight excluding hydrogens is 408 g/mol. The average molecular weight is 459 g/mol. The predicted octanol–water partition coefficient (Wildman–Crippen LogP) is 2.39. The molecule has 0 saturated carbocycles. The highest BCUT2D eigenvalue weighted by atomic mass is 16.3. The monoisotopic (exact) mass is 458 g/mol. The molecule has 0 saturated heterocycles. The van der Waals surface area contributed by atoms with Crippen LogP contribution >= 0.6 is 0 Å². The Morgan fingerprint density at radius 2 is 1.50 bits per heavy atom. The number of primary amides is 1. The van der Waals surface area contributed by atoms with Crippen LogP contribution in [0.25, 0.3) is 0 Å². The number of ketones is 1. The molecule has 0 aliphatic heterocycles. The van der Waals surface area contributed by atoms with Crippen molar-refractivity contribution in [1.29, 1.82) is 0 Å². The van der Waals surface area contributed by atoms with Crippen molar-refractivity contribution in [1.82, 2.24) is 5.32 Å². The molecule has 0 spiro atoms. The van der Waals surface area contributed by atoms with Gasteiger partial charge in [-0.15, -0.1) is 0 Å². The smallest absolute Gasteiger partial charge is 0.223 e. The molecule has 0 rings (SSSR count). The number of nitrogens with one attached hydrogen (secondary N) is 1. The third-order valence-corrected chi connectivity index (χ3v) is 5.28. The van der Waals surface area contributed by atoms with Gasteiger partial charge in [0.15, 0.2) is 5.78 Å². The second-order valence-corrected chi connectivity index (χ2v) is 8.97. The van der Waals surface area contributed by atoms with Gasteiger partial charge in [-0.3, -0.25) is 14.4 Å². The lowest BCUT2D eigenvalue weighted by molar-refractivity contribution is -0.130. The molecule has 0 bridgehead atoms. The van der Waals surface area contributed by atoms with Crippen LogP contribution in [0.2, 0.25) is 0 Å². The van der Waals surface area contributed by atoms with Gasteiger partial charge in [-0.25, -0.2) is 0 Å². The molecule has 0 aromatic carbocycles. The van der Waals surface area contributed by atoms with E-state index in [4.69, 9.17) is 22.3 Å². The zero-order valence-corrected chi connectivity index (χ0v) is 20.9. The van der Waals surface area contributed by atoms with Gasteiger partial charge in [0.25, 0.3) is 0 Å². The number of nitrogens with two attached hydrogens (primary N) is 3. The van der Waals surface area contributed by atoms with Crippen molar-refractivity contribution >= 4 is 17.6 Å². The fourth-order valence-electron chi connectivity index (χ4n) is 3.32. The van der Waals surface area contributed by atoms with E-state index in [0.29, 0.717) is 31.8 Å². The lowest BCUT2D eigenvalue weighted by atomic mass is 9.95. The zero-order valence-electron chi connectivity index (χ0n) is 20.9. The summed E-state index contributed by atoms with van der Waals surface area (Å²) in [5.41, 5.74) is 16.2. The quantitative estimate of drug-likeness (QED) is 0.198. The largest absolute Gasteiger partial charge is 0.393 e. The maximum atomic E-state index is 11.7. The Labute approximate surface area is 195 Å². The van der Waals surface area contributed by atoms with E-state index in [1.807, 2.05) is 0 Å². The summed E-state index contributed by atoms with van der Waals surface area (Å²) >= 11 is 0. The Balaban J connectivity index is 0. The number of carbonyl (C=O) groups is 3. The second-order valence-electron chi connectivity index (χ2n) is 8.97. The minimum Gasteiger partial charge on any atom is -0.393 e. The van der Waals surface area contributed by atoms with Crippen LogP contribution in [0.15, 0.2) is 0 Å². The number of hydrogen-bond donors (Lipinski definition) is 5. The van der Waals surface area contributed by atoms with Crippen molar-refractivity contribution in [2.75, 3.05) is 13.1 Å². The Hall–Kier alpha value is -1.51. The fourth-order valence-corrected chi connectivity index (χ4v) is 3.32. The van der Waals surface area contributed by atoms with Crippen LogP contribution in [-0.2, 0) is 14.4 Å². The molecule has 0 aliphatic rings. The van der Waals surface area contributed by atoms with Crippen LogP contribution < -0.4 is 22.5 Å². The average Bonchev–Trinajstić information content (AvgIpc) is 2.71. The molecule has 0 aromatic heterocycles. The van der Waals surface area contributed by atoms with E-state index in [2.05, 4.69) is 12.2 Å². The third kappa shape index (κ3) is 20.4. The summed E-state index contributed by atoms with van der Waals surface area (Å²) in [5.74, 6) is -0.199. The summed E-state index contributed by atoms with van der Waals surface area (Å²) in [6, 6.07) is -0.531. The summed E-state index contributed by atoms with van der Waals surface area (Å²) in [7, 11) is 0. The first-order valence-electron chi connectivity index (χ1n) is 12.3. The molecule has 2 amide bonds. The molecule has 32 heavy (non-hydrogen) atoms. The van der Waals surface area contributed by atoms with E-state index in [9.17, 15) is 14.4 Å². The van der Waals surface area contributed by atoms with Crippen molar-refractivity contribution in [3.63, 3.8) is 0 Å². The molecule has 3 unspecified atom stereocenters. The predicted molar refractivity (Wildman–Crippen MR) is 131 cm³/mol. The van der Waals surface area contributed by atoms with E-state index in [-0.39, 0.29) is 29.9 Å². The molecule has 0 aliphatic carbocycles. The van der Waals surface area contributed by atoms with E-state index in [1.165, 1.54) is 45.4 Å². The number of rotatable bonds is 18. The number of carbonyl (C=O) groups excluding carboxylic acids is 3. The van der Waals surface area contributed by atoms with Crippen molar-refractivity contribution in [3.05, 3.63) is 0 Å². The Morgan fingerprint density at radius 3 is 1.97 bits per heavy atom. The van der Waals surface area contributed by atoms with Gasteiger partial charge in [0.1, 0.15) is 0 Å². The third-order valence-electron chi connectivity index (χ3n) is 5.28. The fraction of sp³-hybridized carbons (Fsp3) is 0.875. The van der Waals surface area contributed by atoms with Crippen molar-refractivity contribution < 1.29 is 19.5 Å². The molecule has 8 N–H and O–H groups in total. The molecule has 3 atom stereocenters. The Bertz CT molecular complexity index is 498. The van der Waals surface area contributed by atoms with E-state index >= 15 is 0 Å². The van der Waals surface area contributed by atoms with Crippen molar-refractivity contribution in [2.24, 2.45) is 29.0 Å². The van der Waals surface area contributed by atoms with Crippen molar-refractivity contribution in [2.45, 2.75) is 110 Å². The summed E-state index contributed by atoms with van der Waals surface area (Å²) in [5, 5.41) is 11.6. The first-order valence-corrected chi connectivity index (χ1v) is 12.3. The number of aliphatic hydroxyl groups excluding tert-OH is 1. The van der Waals surface area contributed by atoms with E-state index < -0.39 is 12.1 Å². The number of unbranched alkanes of at least 4 members (excludes halogenated alkanes) is 5. The maximum Gasteiger partial charge on any atom is 0.223 e. The molecule has 0 aromatic rings. The van der Waals surface area contributed by atoms with Crippen LogP contribution in [0.5, 0.6) is 0 Å². The van der Waals surface area contributed by atoms with Gasteiger partial charge in [-0.05, 0) is 45.2 Å². The van der Waals surface area contributed by atoms with Crippen LogP contribution in [0, 0.1) is 11.8 Å². The lowest BCUT2D eigenvalue weighted by Gasteiger charge is -2.19. The van der Waals surface area contributed by atoms with E-state index in [1.54, 1.807) is 13.8 Å². The number of hydrogen-bond acceptors (Lipinski definition) is 6. The van der Waals surface area contributed by atoms with Gasteiger partial charge >= 0.3 is 0 Å². The minimum absolute atomic E-state index is 0.00640. The van der Waals surface area contributed by atoms with Gasteiger partial charge in [0, 0.05) is 12.3 Å². The summed E-state index contributed by atoms with van der Waals surface area (Å²) < 4.78 is 0. The normalized spacial score (nSPS) is 13.6. The zero-order chi connectivity index (χ0) is 24.9. The topological polar surface area (TPSA) is 162 Å². The summed E-state index contributed by atoms with van der Waals surface area (Å²) in [4.78, 5) is 33.8. The van der Waals surface area contributed by atoms with Crippen LogP contribution in [0.1, 0.15) is 98.3 Å². The highest BCUT2D eigenvalue weighted by Crippen LogP contribution is 2.15. The highest BCUT2D eigenvalue weighted by molar-refractivity contribution is 5.90. The first kappa shape index (κ1) is 32.7. The first-order chi connectivity index (χ1) is 15.1. The highest BCUT2D eigenvalue weighted by Gasteiger charge is 2.22. The van der Waals surface area contributed by atoms with Crippen LogP contribution in [0.4, 0.5) is 0 Å². The van der Waals surface area contributed by atoms with Gasteiger partial charge < -0.3 is 27.6 Å². The molecule has 8 nitrogen and oxygen atoms in total.